The summed E-state index contributed by atoms with van der Waals surface area (Å²) in [4.78, 5) is 8.34. The van der Waals surface area contributed by atoms with Crippen LogP contribution in [0.5, 0.6) is 0 Å². The van der Waals surface area contributed by atoms with Gasteiger partial charge in [0.15, 0.2) is 0 Å². The van der Waals surface area contributed by atoms with E-state index in [1.807, 2.05) is 0 Å². The maximum atomic E-state index is 6.07. The van der Waals surface area contributed by atoms with Crippen LogP contribution >= 0.6 is 0 Å². The fourth-order valence-corrected chi connectivity index (χ4v) is 1.76. The van der Waals surface area contributed by atoms with Crippen molar-refractivity contribution in [2.24, 2.45) is 5.73 Å². The van der Waals surface area contributed by atoms with Crippen LogP contribution in [0.2, 0.25) is 0 Å². The second-order valence-electron chi connectivity index (χ2n) is 4.09. The lowest BCUT2D eigenvalue weighted by atomic mass is 10.0. The molecule has 0 fully saturated rings. The van der Waals surface area contributed by atoms with Crippen molar-refractivity contribution >= 4 is 0 Å². The van der Waals surface area contributed by atoms with Gasteiger partial charge in [-0.25, -0.2) is 9.97 Å². The topological polar surface area (TPSA) is 51.8 Å². The summed E-state index contributed by atoms with van der Waals surface area (Å²) in [5.74, 6) is 0.701. The third-order valence-electron chi connectivity index (χ3n) is 2.80. The summed E-state index contributed by atoms with van der Waals surface area (Å²) >= 11 is 0. The molecule has 0 saturated carbocycles. The number of hydrogen-bond donors (Lipinski definition) is 1. The lowest BCUT2D eigenvalue weighted by Crippen LogP contribution is -2.16. The highest BCUT2D eigenvalue weighted by atomic mass is 14.9. The molecule has 2 N–H and O–H groups in total. The van der Waals surface area contributed by atoms with E-state index in [2.05, 4.69) is 41.2 Å². The number of aryl methyl sites for hydroxylation is 1. The SMILES string of the molecule is CCc1ccc(CC(N)c2ncccn2)cc1. The normalized spacial score (nSPS) is 12.4. The Labute approximate surface area is 102 Å². The largest absolute Gasteiger partial charge is 0.321 e. The van der Waals surface area contributed by atoms with Crippen molar-refractivity contribution in [1.82, 2.24) is 9.97 Å². The minimum Gasteiger partial charge on any atom is -0.321 e. The van der Waals surface area contributed by atoms with Crippen LogP contribution in [0.25, 0.3) is 0 Å². The van der Waals surface area contributed by atoms with Crippen LogP contribution in [-0.2, 0) is 12.8 Å². The number of benzene rings is 1. The zero-order chi connectivity index (χ0) is 12.1. The average Bonchev–Trinajstić information content (AvgIpc) is 2.40. The smallest absolute Gasteiger partial charge is 0.145 e. The van der Waals surface area contributed by atoms with Crippen molar-refractivity contribution < 1.29 is 0 Å². The van der Waals surface area contributed by atoms with Crippen LogP contribution in [0.1, 0.15) is 29.9 Å². The second-order valence-corrected chi connectivity index (χ2v) is 4.09. The fraction of sp³-hybridized carbons (Fsp3) is 0.286. The zero-order valence-electron chi connectivity index (χ0n) is 10.0. The second kappa shape index (κ2) is 5.55. The zero-order valence-corrected chi connectivity index (χ0v) is 10.0. The Morgan fingerprint density at radius 1 is 1.06 bits per heavy atom. The van der Waals surface area contributed by atoms with Gasteiger partial charge in [0.2, 0.25) is 0 Å². The lowest BCUT2D eigenvalue weighted by molar-refractivity contribution is 0.666. The molecule has 1 aromatic heterocycles. The minimum absolute atomic E-state index is 0.135. The first kappa shape index (κ1) is 11.7. The molecule has 0 spiro atoms. The summed E-state index contributed by atoms with van der Waals surface area (Å²) in [7, 11) is 0. The summed E-state index contributed by atoms with van der Waals surface area (Å²) < 4.78 is 0. The maximum absolute atomic E-state index is 6.07. The molecular formula is C14H17N3. The summed E-state index contributed by atoms with van der Waals surface area (Å²) in [6, 6.07) is 10.2. The van der Waals surface area contributed by atoms with Crippen molar-refractivity contribution in [3.05, 3.63) is 59.7 Å². The van der Waals surface area contributed by atoms with E-state index in [-0.39, 0.29) is 6.04 Å². The third-order valence-corrected chi connectivity index (χ3v) is 2.80. The Bertz CT molecular complexity index is 451. The van der Waals surface area contributed by atoms with E-state index in [9.17, 15) is 0 Å². The molecule has 17 heavy (non-hydrogen) atoms. The molecule has 1 atom stereocenters. The number of nitrogens with zero attached hydrogens (tertiary/aromatic N) is 2. The van der Waals surface area contributed by atoms with Crippen LogP contribution in [-0.4, -0.2) is 9.97 Å². The van der Waals surface area contributed by atoms with Crippen molar-refractivity contribution in [3.63, 3.8) is 0 Å². The number of nitrogens with two attached hydrogens (primary N) is 1. The number of rotatable bonds is 4. The van der Waals surface area contributed by atoms with Gasteiger partial charge in [-0.2, -0.15) is 0 Å². The van der Waals surface area contributed by atoms with Crippen LogP contribution in [0, 0.1) is 0 Å². The first-order valence-electron chi connectivity index (χ1n) is 5.90. The minimum atomic E-state index is -0.135. The van der Waals surface area contributed by atoms with Gasteiger partial charge in [0.05, 0.1) is 6.04 Å². The lowest BCUT2D eigenvalue weighted by Gasteiger charge is -2.10. The van der Waals surface area contributed by atoms with Gasteiger partial charge in [-0.3, -0.25) is 0 Å². The standard InChI is InChI=1S/C14H17N3/c1-2-11-4-6-12(7-5-11)10-13(15)14-16-8-3-9-17-14/h3-9,13H,2,10,15H2,1H3. The van der Waals surface area contributed by atoms with Crippen LogP contribution in [0.3, 0.4) is 0 Å². The molecule has 1 unspecified atom stereocenters. The van der Waals surface area contributed by atoms with E-state index in [1.165, 1.54) is 11.1 Å². The van der Waals surface area contributed by atoms with Gasteiger partial charge in [-0.1, -0.05) is 31.2 Å². The van der Waals surface area contributed by atoms with Crippen molar-refractivity contribution in [3.8, 4) is 0 Å². The van der Waals surface area contributed by atoms with Gasteiger partial charge < -0.3 is 5.73 Å². The molecular weight excluding hydrogens is 210 g/mol. The molecule has 0 saturated heterocycles. The molecule has 3 nitrogen and oxygen atoms in total. The Morgan fingerprint density at radius 3 is 2.24 bits per heavy atom. The maximum Gasteiger partial charge on any atom is 0.145 e. The summed E-state index contributed by atoms with van der Waals surface area (Å²) in [6.07, 6.45) is 5.28. The van der Waals surface area contributed by atoms with Gasteiger partial charge in [0, 0.05) is 12.4 Å². The number of aromatic nitrogens is 2. The molecule has 3 heteroatoms. The van der Waals surface area contributed by atoms with Gasteiger partial charge >= 0.3 is 0 Å². The Hall–Kier alpha value is -1.74. The molecule has 0 aliphatic rings. The van der Waals surface area contributed by atoms with E-state index in [0.717, 1.165) is 12.8 Å². The van der Waals surface area contributed by atoms with Crippen LogP contribution < -0.4 is 5.73 Å². The highest BCUT2D eigenvalue weighted by Gasteiger charge is 2.09. The summed E-state index contributed by atoms with van der Waals surface area (Å²) in [5, 5.41) is 0. The van der Waals surface area contributed by atoms with E-state index in [0.29, 0.717) is 5.82 Å². The van der Waals surface area contributed by atoms with Crippen molar-refractivity contribution in [1.29, 1.82) is 0 Å². The molecule has 0 amide bonds. The van der Waals surface area contributed by atoms with Gasteiger partial charge in [0.1, 0.15) is 5.82 Å². The molecule has 88 valence electrons. The molecule has 0 radical (unpaired) electrons. The van der Waals surface area contributed by atoms with E-state index >= 15 is 0 Å². The molecule has 0 bridgehead atoms. The van der Waals surface area contributed by atoms with Crippen LogP contribution in [0.15, 0.2) is 42.7 Å². The number of hydrogen-bond acceptors (Lipinski definition) is 3. The molecule has 1 aromatic carbocycles. The molecule has 0 aliphatic carbocycles. The summed E-state index contributed by atoms with van der Waals surface area (Å²) in [5.41, 5.74) is 8.64. The predicted octanol–water partition coefficient (Wildman–Crippen LogP) is 2.28. The fourth-order valence-electron chi connectivity index (χ4n) is 1.76. The van der Waals surface area contributed by atoms with E-state index in [4.69, 9.17) is 5.73 Å². The Balaban J connectivity index is 2.05. The summed E-state index contributed by atoms with van der Waals surface area (Å²) in [6.45, 7) is 2.15. The first-order valence-corrected chi connectivity index (χ1v) is 5.90. The quantitative estimate of drug-likeness (QED) is 0.871. The predicted molar refractivity (Wildman–Crippen MR) is 68.5 cm³/mol. The Kier molecular flexibility index (Phi) is 3.83. The molecule has 2 aromatic rings. The van der Waals surface area contributed by atoms with Crippen molar-refractivity contribution in [2.45, 2.75) is 25.8 Å². The first-order chi connectivity index (χ1) is 8.29. The van der Waals surface area contributed by atoms with E-state index < -0.39 is 0 Å². The monoisotopic (exact) mass is 227 g/mol. The molecule has 1 heterocycles. The average molecular weight is 227 g/mol. The third kappa shape index (κ3) is 3.11. The molecule has 2 rings (SSSR count). The molecule has 0 aliphatic heterocycles. The van der Waals surface area contributed by atoms with Crippen LogP contribution in [0.4, 0.5) is 0 Å². The highest BCUT2D eigenvalue weighted by Crippen LogP contribution is 2.13. The van der Waals surface area contributed by atoms with E-state index in [1.54, 1.807) is 18.5 Å². The van der Waals surface area contributed by atoms with Gasteiger partial charge in [-0.15, -0.1) is 0 Å². The van der Waals surface area contributed by atoms with Gasteiger partial charge in [-0.05, 0) is 30.0 Å². The van der Waals surface area contributed by atoms with Gasteiger partial charge in [0.25, 0.3) is 0 Å². The Morgan fingerprint density at radius 2 is 1.65 bits per heavy atom. The van der Waals surface area contributed by atoms with Crippen molar-refractivity contribution in [2.75, 3.05) is 0 Å². The highest BCUT2D eigenvalue weighted by molar-refractivity contribution is 5.23.